The predicted octanol–water partition coefficient (Wildman–Crippen LogP) is 0.692. The van der Waals surface area contributed by atoms with Crippen molar-refractivity contribution in [3.8, 4) is 0 Å². The fourth-order valence-electron chi connectivity index (χ4n) is 1.39. The van der Waals surface area contributed by atoms with E-state index in [1.807, 2.05) is 30.3 Å². The van der Waals surface area contributed by atoms with Crippen molar-refractivity contribution in [3.63, 3.8) is 0 Å². The molecule has 0 radical (unpaired) electrons. The summed E-state index contributed by atoms with van der Waals surface area (Å²) in [5.74, 6) is -0.138. The molecule has 0 unspecified atom stereocenters. The predicted molar refractivity (Wildman–Crippen MR) is 56.8 cm³/mol. The first-order valence-electron chi connectivity index (χ1n) is 4.61. The second kappa shape index (κ2) is 4.24. The highest BCUT2D eigenvalue weighted by Crippen LogP contribution is 2.10. The third-order valence-corrected chi connectivity index (χ3v) is 2.16. The molecule has 76 valence electrons. The molecule has 1 aromatic carbocycles. The van der Waals surface area contributed by atoms with E-state index >= 15 is 0 Å². The molecule has 0 aliphatic heterocycles. The lowest BCUT2D eigenvalue weighted by Gasteiger charge is -2.22. The number of hydrogen-bond donors (Lipinski definition) is 2. The number of amides is 1. The largest absolute Gasteiger partial charge is 0.358 e. The van der Waals surface area contributed by atoms with Gasteiger partial charge in [0.25, 0.3) is 0 Å². The van der Waals surface area contributed by atoms with Gasteiger partial charge in [-0.2, -0.15) is 0 Å². The molecule has 0 aliphatic rings. The van der Waals surface area contributed by atoms with Gasteiger partial charge in [0.2, 0.25) is 5.91 Å². The summed E-state index contributed by atoms with van der Waals surface area (Å²) < 4.78 is 0. The second-order valence-electron chi connectivity index (χ2n) is 3.66. The molecule has 0 heterocycles. The van der Waals surface area contributed by atoms with E-state index in [1.165, 1.54) is 0 Å². The van der Waals surface area contributed by atoms with Crippen LogP contribution in [-0.4, -0.2) is 18.5 Å². The van der Waals surface area contributed by atoms with Gasteiger partial charge in [-0.05, 0) is 18.9 Å². The molecule has 0 spiro atoms. The summed E-state index contributed by atoms with van der Waals surface area (Å²) in [4.78, 5) is 11.4. The van der Waals surface area contributed by atoms with E-state index in [0.717, 1.165) is 5.56 Å². The van der Waals surface area contributed by atoms with E-state index in [1.54, 1.807) is 14.0 Å². The van der Waals surface area contributed by atoms with E-state index in [4.69, 9.17) is 5.73 Å². The number of hydrogen-bond acceptors (Lipinski definition) is 2. The maximum atomic E-state index is 11.4. The van der Waals surface area contributed by atoms with Crippen molar-refractivity contribution in [1.29, 1.82) is 0 Å². The molecule has 3 heteroatoms. The highest BCUT2D eigenvalue weighted by atomic mass is 16.2. The van der Waals surface area contributed by atoms with Crippen LogP contribution in [0, 0.1) is 0 Å². The standard InChI is InChI=1S/C11H16N2O/c1-11(12,10(14)13-2)8-9-6-4-3-5-7-9/h3-7H,8,12H2,1-2H3,(H,13,14)/t11-/m0/s1. The summed E-state index contributed by atoms with van der Waals surface area (Å²) in [7, 11) is 1.60. The Bertz CT molecular complexity index is 306. The van der Waals surface area contributed by atoms with Crippen LogP contribution >= 0.6 is 0 Å². The Hall–Kier alpha value is -1.35. The lowest BCUT2D eigenvalue weighted by molar-refractivity contribution is -0.125. The van der Waals surface area contributed by atoms with E-state index in [9.17, 15) is 4.79 Å². The average molecular weight is 192 g/mol. The lowest BCUT2D eigenvalue weighted by atomic mass is 9.93. The van der Waals surface area contributed by atoms with Crippen LogP contribution in [0.5, 0.6) is 0 Å². The molecular formula is C11H16N2O. The number of likely N-dealkylation sites (N-methyl/N-ethyl adjacent to an activating group) is 1. The number of nitrogens with one attached hydrogen (secondary N) is 1. The highest BCUT2D eigenvalue weighted by molar-refractivity contribution is 5.85. The molecule has 1 amide bonds. The van der Waals surface area contributed by atoms with E-state index in [-0.39, 0.29) is 5.91 Å². The summed E-state index contributed by atoms with van der Waals surface area (Å²) in [6, 6.07) is 9.75. The third kappa shape index (κ3) is 2.57. The quantitative estimate of drug-likeness (QED) is 0.740. The first-order chi connectivity index (χ1) is 6.56. The van der Waals surface area contributed by atoms with Gasteiger partial charge in [-0.3, -0.25) is 4.79 Å². The molecule has 3 nitrogen and oxygen atoms in total. The Kier molecular flexibility index (Phi) is 3.25. The fourth-order valence-corrected chi connectivity index (χ4v) is 1.39. The van der Waals surface area contributed by atoms with Crippen LogP contribution in [0.15, 0.2) is 30.3 Å². The Balaban J connectivity index is 2.73. The molecule has 3 N–H and O–H groups in total. The van der Waals surface area contributed by atoms with Gasteiger partial charge in [-0.15, -0.1) is 0 Å². The van der Waals surface area contributed by atoms with Crippen molar-refractivity contribution in [3.05, 3.63) is 35.9 Å². The van der Waals surface area contributed by atoms with Crippen LogP contribution in [0.25, 0.3) is 0 Å². The minimum atomic E-state index is -0.837. The van der Waals surface area contributed by atoms with Crippen LogP contribution in [0.4, 0.5) is 0 Å². The Morgan fingerprint density at radius 1 is 1.43 bits per heavy atom. The van der Waals surface area contributed by atoms with Gasteiger partial charge in [-0.1, -0.05) is 30.3 Å². The highest BCUT2D eigenvalue weighted by Gasteiger charge is 2.27. The number of rotatable bonds is 3. The normalized spacial score (nSPS) is 14.5. The molecule has 0 aliphatic carbocycles. The Morgan fingerprint density at radius 3 is 2.50 bits per heavy atom. The SMILES string of the molecule is CNC(=O)[C@@](C)(N)Cc1ccccc1. The maximum Gasteiger partial charge on any atom is 0.239 e. The molecule has 0 aromatic heterocycles. The summed E-state index contributed by atoms with van der Waals surface area (Å²) in [5.41, 5.74) is 6.12. The molecule has 0 saturated carbocycles. The molecule has 1 atom stereocenters. The maximum absolute atomic E-state index is 11.4. The summed E-state index contributed by atoms with van der Waals surface area (Å²) in [6.45, 7) is 1.73. The smallest absolute Gasteiger partial charge is 0.239 e. The van der Waals surface area contributed by atoms with Gasteiger partial charge >= 0.3 is 0 Å². The van der Waals surface area contributed by atoms with Crippen LogP contribution in [-0.2, 0) is 11.2 Å². The first kappa shape index (κ1) is 10.7. The van der Waals surface area contributed by atoms with Crippen LogP contribution < -0.4 is 11.1 Å². The molecule has 0 saturated heterocycles. The van der Waals surface area contributed by atoms with Crippen LogP contribution in [0.3, 0.4) is 0 Å². The number of carbonyl (C=O) groups is 1. The van der Waals surface area contributed by atoms with E-state index in [0.29, 0.717) is 6.42 Å². The van der Waals surface area contributed by atoms with Gasteiger partial charge in [0.05, 0.1) is 5.54 Å². The van der Waals surface area contributed by atoms with Gasteiger partial charge in [-0.25, -0.2) is 0 Å². The van der Waals surface area contributed by atoms with Crippen molar-refractivity contribution >= 4 is 5.91 Å². The summed E-state index contributed by atoms with van der Waals surface area (Å²) in [6.07, 6.45) is 0.549. The number of nitrogens with two attached hydrogens (primary N) is 1. The van der Waals surface area contributed by atoms with Crippen LogP contribution in [0.1, 0.15) is 12.5 Å². The fraction of sp³-hybridized carbons (Fsp3) is 0.364. The Labute approximate surface area is 84.3 Å². The zero-order valence-electron chi connectivity index (χ0n) is 8.58. The second-order valence-corrected chi connectivity index (χ2v) is 3.66. The molecule has 0 bridgehead atoms. The minimum absolute atomic E-state index is 0.138. The van der Waals surface area contributed by atoms with Crippen molar-refractivity contribution < 1.29 is 4.79 Å². The topological polar surface area (TPSA) is 55.1 Å². The summed E-state index contributed by atoms with van der Waals surface area (Å²) in [5, 5.41) is 2.56. The van der Waals surface area contributed by atoms with Crippen molar-refractivity contribution in [2.45, 2.75) is 18.9 Å². The van der Waals surface area contributed by atoms with E-state index < -0.39 is 5.54 Å². The zero-order valence-corrected chi connectivity index (χ0v) is 8.58. The van der Waals surface area contributed by atoms with Gasteiger partial charge in [0.1, 0.15) is 0 Å². The first-order valence-corrected chi connectivity index (χ1v) is 4.61. The van der Waals surface area contributed by atoms with Crippen molar-refractivity contribution in [2.75, 3.05) is 7.05 Å². The summed E-state index contributed by atoms with van der Waals surface area (Å²) >= 11 is 0. The molecule has 14 heavy (non-hydrogen) atoms. The van der Waals surface area contributed by atoms with Gasteiger partial charge in [0, 0.05) is 7.05 Å². The van der Waals surface area contributed by atoms with Gasteiger partial charge in [0.15, 0.2) is 0 Å². The third-order valence-electron chi connectivity index (χ3n) is 2.16. The monoisotopic (exact) mass is 192 g/mol. The van der Waals surface area contributed by atoms with Crippen molar-refractivity contribution in [1.82, 2.24) is 5.32 Å². The van der Waals surface area contributed by atoms with Crippen molar-refractivity contribution in [2.24, 2.45) is 5.73 Å². The van der Waals surface area contributed by atoms with E-state index in [2.05, 4.69) is 5.32 Å². The average Bonchev–Trinajstić information content (AvgIpc) is 2.17. The minimum Gasteiger partial charge on any atom is -0.358 e. The molecular weight excluding hydrogens is 176 g/mol. The molecule has 1 rings (SSSR count). The number of benzene rings is 1. The zero-order chi connectivity index (χ0) is 10.6. The molecule has 0 fully saturated rings. The molecule has 1 aromatic rings. The lowest BCUT2D eigenvalue weighted by Crippen LogP contribution is -2.52. The Morgan fingerprint density at radius 2 is 2.00 bits per heavy atom. The van der Waals surface area contributed by atoms with Gasteiger partial charge < -0.3 is 11.1 Å². The number of carbonyl (C=O) groups excluding carboxylic acids is 1. The van der Waals surface area contributed by atoms with Crippen LogP contribution in [0.2, 0.25) is 0 Å².